The molecule has 1 fully saturated rings. The minimum atomic E-state index is 0.0137. The molecule has 3 nitrogen and oxygen atoms in total. The third-order valence-electron chi connectivity index (χ3n) is 2.90. The Morgan fingerprint density at radius 3 is 2.06 bits per heavy atom. The first-order valence-electron chi connectivity index (χ1n) is 6.15. The topological polar surface area (TPSA) is 37.4 Å². The minimum absolute atomic E-state index is 0.0137. The van der Waals surface area contributed by atoms with E-state index < -0.39 is 0 Å². The van der Waals surface area contributed by atoms with E-state index in [1.807, 2.05) is 0 Å². The molecule has 1 saturated heterocycles. The summed E-state index contributed by atoms with van der Waals surface area (Å²) >= 11 is 5.58. The second kappa shape index (κ2) is 7.66. The Labute approximate surface area is 102 Å². The zero-order valence-electron chi connectivity index (χ0n) is 9.71. The molecule has 0 N–H and O–H groups in total. The van der Waals surface area contributed by atoms with Gasteiger partial charge in [-0.3, -0.25) is 14.5 Å². The monoisotopic (exact) mass is 245 g/mol. The van der Waals surface area contributed by atoms with Gasteiger partial charge in [0.1, 0.15) is 0 Å². The van der Waals surface area contributed by atoms with Gasteiger partial charge in [0.25, 0.3) is 0 Å². The van der Waals surface area contributed by atoms with Gasteiger partial charge >= 0.3 is 0 Å². The molecular formula is C12H20ClNO2. The highest BCUT2D eigenvalue weighted by atomic mass is 35.5. The molecule has 0 atom stereocenters. The number of halogens is 1. The Balaban J connectivity index is 2.26. The van der Waals surface area contributed by atoms with E-state index in [1.165, 1.54) is 4.90 Å². The predicted molar refractivity (Wildman–Crippen MR) is 64.4 cm³/mol. The Kier molecular flexibility index (Phi) is 6.46. The Bertz CT molecular complexity index is 225. The molecule has 0 bridgehead atoms. The van der Waals surface area contributed by atoms with Crippen molar-refractivity contribution in [1.29, 1.82) is 0 Å². The molecule has 4 heteroatoms. The Morgan fingerprint density at radius 2 is 1.50 bits per heavy atom. The fraction of sp³-hybridized carbons (Fsp3) is 0.833. The zero-order chi connectivity index (χ0) is 11.8. The van der Waals surface area contributed by atoms with Crippen LogP contribution in [0, 0.1) is 0 Å². The lowest BCUT2D eigenvalue weighted by atomic mass is 10.2. The fourth-order valence-electron chi connectivity index (χ4n) is 1.93. The number of likely N-dealkylation sites (tertiary alicyclic amines) is 1. The van der Waals surface area contributed by atoms with Crippen LogP contribution in [0.4, 0.5) is 0 Å². The zero-order valence-corrected chi connectivity index (χ0v) is 10.5. The Hall–Kier alpha value is -0.570. The van der Waals surface area contributed by atoms with Gasteiger partial charge in [0, 0.05) is 25.3 Å². The third kappa shape index (κ3) is 4.52. The first kappa shape index (κ1) is 13.5. The van der Waals surface area contributed by atoms with Crippen molar-refractivity contribution in [3.8, 4) is 0 Å². The van der Waals surface area contributed by atoms with Crippen LogP contribution in [-0.2, 0) is 9.59 Å². The van der Waals surface area contributed by atoms with Gasteiger partial charge in [-0.05, 0) is 25.7 Å². The molecule has 16 heavy (non-hydrogen) atoms. The molecule has 0 radical (unpaired) electrons. The molecule has 0 aromatic rings. The van der Waals surface area contributed by atoms with Crippen molar-refractivity contribution >= 4 is 23.4 Å². The van der Waals surface area contributed by atoms with E-state index in [9.17, 15) is 9.59 Å². The molecule has 0 aromatic heterocycles. The highest BCUT2D eigenvalue weighted by Crippen LogP contribution is 2.13. The van der Waals surface area contributed by atoms with Crippen LogP contribution in [0.5, 0.6) is 0 Å². The van der Waals surface area contributed by atoms with E-state index in [1.54, 1.807) is 0 Å². The van der Waals surface area contributed by atoms with Crippen LogP contribution in [0.25, 0.3) is 0 Å². The number of nitrogens with zero attached hydrogens (tertiary/aromatic N) is 1. The third-order valence-corrected chi connectivity index (χ3v) is 3.17. The number of carbonyl (C=O) groups is 2. The molecule has 92 valence electrons. The number of rotatable bonds is 6. The van der Waals surface area contributed by atoms with E-state index >= 15 is 0 Å². The average Bonchev–Trinajstić information content (AvgIpc) is 2.42. The molecule has 1 heterocycles. The highest BCUT2D eigenvalue weighted by molar-refractivity contribution is 6.17. The smallest absolute Gasteiger partial charge is 0.229 e. The molecule has 0 unspecified atom stereocenters. The summed E-state index contributed by atoms with van der Waals surface area (Å²) in [4.78, 5) is 24.7. The molecule has 1 aliphatic rings. The first-order chi connectivity index (χ1) is 7.75. The van der Waals surface area contributed by atoms with Crippen LogP contribution < -0.4 is 0 Å². The van der Waals surface area contributed by atoms with E-state index in [2.05, 4.69) is 0 Å². The normalized spacial score (nSPS) is 17.7. The standard InChI is InChI=1S/C12H20ClNO2/c13-9-5-1-2-6-10-14-11(15)7-3-4-8-12(14)16/h1-10H2. The van der Waals surface area contributed by atoms with Gasteiger partial charge in [0.05, 0.1) is 0 Å². The van der Waals surface area contributed by atoms with Crippen LogP contribution in [0.1, 0.15) is 51.4 Å². The summed E-state index contributed by atoms with van der Waals surface area (Å²) in [6.45, 7) is 0.597. The predicted octanol–water partition coefficient (Wildman–Crippen LogP) is 2.71. The fourth-order valence-corrected chi connectivity index (χ4v) is 2.12. The van der Waals surface area contributed by atoms with E-state index in [0.29, 0.717) is 25.3 Å². The second-order valence-corrected chi connectivity index (χ2v) is 4.63. The molecule has 1 aliphatic heterocycles. The van der Waals surface area contributed by atoms with Gasteiger partial charge in [-0.25, -0.2) is 0 Å². The minimum Gasteiger partial charge on any atom is -0.283 e. The van der Waals surface area contributed by atoms with Crippen molar-refractivity contribution < 1.29 is 9.59 Å². The molecular weight excluding hydrogens is 226 g/mol. The number of alkyl halides is 1. The van der Waals surface area contributed by atoms with Gasteiger partial charge in [-0.15, -0.1) is 11.6 Å². The maximum Gasteiger partial charge on any atom is 0.229 e. The summed E-state index contributed by atoms with van der Waals surface area (Å²) in [7, 11) is 0. The van der Waals surface area contributed by atoms with E-state index in [0.717, 1.165) is 38.5 Å². The van der Waals surface area contributed by atoms with E-state index in [4.69, 9.17) is 11.6 Å². The maximum atomic E-state index is 11.6. The lowest BCUT2D eigenvalue weighted by Crippen LogP contribution is -2.35. The maximum absolute atomic E-state index is 11.6. The van der Waals surface area contributed by atoms with Gasteiger partial charge in [0.15, 0.2) is 0 Å². The number of carbonyl (C=O) groups excluding carboxylic acids is 2. The molecule has 1 rings (SSSR count). The van der Waals surface area contributed by atoms with Crippen LogP contribution in [0.3, 0.4) is 0 Å². The van der Waals surface area contributed by atoms with Crippen molar-refractivity contribution in [1.82, 2.24) is 4.90 Å². The largest absolute Gasteiger partial charge is 0.283 e. The number of imide groups is 1. The number of hydrogen-bond acceptors (Lipinski definition) is 2. The molecule has 2 amide bonds. The molecule has 0 saturated carbocycles. The summed E-state index contributed by atoms with van der Waals surface area (Å²) in [5.41, 5.74) is 0. The van der Waals surface area contributed by atoms with Gasteiger partial charge in [0.2, 0.25) is 11.8 Å². The van der Waals surface area contributed by atoms with E-state index in [-0.39, 0.29) is 11.8 Å². The lowest BCUT2D eigenvalue weighted by Gasteiger charge is -2.18. The van der Waals surface area contributed by atoms with Gasteiger partial charge in [-0.1, -0.05) is 12.8 Å². The SMILES string of the molecule is O=C1CCCCC(=O)N1CCCCCCCl. The van der Waals surface area contributed by atoms with Crippen LogP contribution in [-0.4, -0.2) is 29.1 Å². The molecule has 0 aromatic carbocycles. The summed E-state index contributed by atoms with van der Waals surface area (Å²) in [5, 5.41) is 0. The van der Waals surface area contributed by atoms with Crippen molar-refractivity contribution in [2.75, 3.05) is 12.4 Å². The Morgan fingerprint density at radius 1 is 0.938 bits per heavy atom. The van der Waals surface area contributed by atoms with Crippen molar-refractivity contribution in [2.24, 2.45) is 0 Å². The van der Waals surface area contributed by atoms with Gasteiger partial charge < -0.3 is 0 Å². The van der Waals surface area contributed by atoms with Crippen LogP contribution >= 0.6 is 11.6 Å². The second-order valence-electron chi connectivity index (χ2n) is 4.25. The average molecular weight is 246 g/mol. The van der Waals surface area contributed by atoms with Crippen molar-refractivity contribution in [3.63, 3.8) is 0 Å². The first-order valence-corrected chi connectivity index (χ1v) is 6.68. The van der Waals surface area contributed by atoms with Crippen LogP contribution in [0.15, 0.2) is 0 Å². The summed E-state index contributed by atoms with van der Waals surface area (Å²) < 4.78 is 0. The van der Waals surface area contributed by atoms with Gasteiger partial charge in [-0.2, -0.15) is 0 Å². The molecule has 0 aliphatic carbocycles. The van der Waals surface area contributed by atoms with Crippen molar-refractivity contribution in [2.45, 2.75) is 51.4 Å². The number of hydrogen-bond donors (Lipinski definition) is 0. The summed E-state index contributed by atoms with van der Waals surface area (Å²) in [5.74, 6) is 0.723. The van der Waals surface area contributed by atoms with Crippen molar-refractivity contribution in [3.05, 3.63) is 0 Å². The highest BCUT2D eigenvalue weighted by Gasteiger charge is 2.22. The summed E-state index contributed by atoms with van der Waals surface area (Å²) in [6, 6.07) is 0. The number of unbranched alkanes of at least 4 members (excludes halogenated alkanes) is 3. The summed E-state index contributed by atoms with van der Waals surface area (Å²) in [6.07, 6.45) is 6.84. The number of amides is 2. The quantitative estimate of drug-likeness (QED) is 0.410. The molecule has 0 spiro atoms. The van der Waals surface area contributed by atoms with Crippen LogP contribution in [0.2, 0.25) is 0 Å². The lowest BCUT2D eigenvalue weighted by molar-refractivity contribution is -0.143.